The van der Waals surface area contributed by atoms with Crippen molar-refractivity contribution in [2.45, 2.75) is 6.42 Å². The Kier molecular flexibility index (Phi) is 3.77. The molecule has 0 amide bonds. The molecule has 0 spiro atoms. The Bertz CT molecular complexity index is 777. The van der Waals surface area contributed by atoms with Crippen molar-refractivity contribution in [3.8, 4) is 0 Å². The minimum Gasteiger partial charge on any atom is -0.354 e. The van der Waals surface area contributed by atoms with E-state index in [-0.39, 0.29) is 0 Å². The summed E-state index contributed by atoms with van der Waals surface area (Å²) < 4.78 is 0. The summed E-state index contributed by atoms with van der Waals surface area (Å²) in [6.07, 6.45) is 2.83. The zero-order valence-corrected chi connectivity index (χ0v) is 12.7. The van der Waals surface area contributed by atoms with Gasteiger partial charge in [-0.25, -0.2) is 4.98 Å². The van der Waals surface area contributed by atoms with Crippen LogP contribution in [0.15, 0.2) is 36.7 Å². The topological polar surface area (TPSA) is 90.6 Å². The number of imidazole rings is 1. The van der Waals surface area contributed by atoms with E-state index >= 15 is 0 Å². The molecule has 1 saturated heterocycles. The Labute approximate surface area is 134 Å². The van der Waals surface area contributed by atoms with Gasteiger partial charge < -0.3 is 20.9 Å². The van der Waals surface area contributed by atoms with Crippen molar-refractivity contribution in [2.75, 3.05) is 30.3 Å². The van der Waals surface area contributed by atoms with Crippen molar-refractivity contribution in [1.82, 2.24) is 25.3 Å². The maximum absolute atomic E-state index is 4.60. The summed E-state index contributed by atoms with van der Waals surface area (Å²) in [6.45, 7) is 3.01. The van der Waals surface area contributed by atoms with Crippen molar-refractivity contribution in [3.63, 3.8) is 0 Å². The molecule has 1 atom stereocenters. The number of hydrogen-bond donors (Lipinski definition) is 4. The molecule has 2 aromatic heterocycles. The molecule has 7 heteroatoms. The van der Waals surface area contributed by atoms with Crippen LogP contribution in [0.3, 0.4) is 0 Å². The lowest BCUT2D eigenvalue weighted by atomic mass is 10.1. The van der Waals surface area contributed by atoms with Crippen molar-refractivity contribution in [3.05, 3.63) is 36.7 Å². The number of nitrogens with one attached hydrogen (secondary N) is 4. The first-order valence-electron chi connectivity index (χ1n) is 7.86. The summed E-state index contributed by atoms with van der Waals surface area (Å²) in [7, 11) is 0. The third-order valence-corrected chi connectivity index (χ3v) is 4.03. The highest BCUT2D eigenvalue weighted by molar-refractivity contribution is 5.85. The first-order chi connectivity index (χ1) is 11.4. The molecule has 4 rings (SSSR count). The molecule has 1 fully saturated rings. The van der Waals surface area contributed by atoms with E-state index in [0.717, 1.165) is 36.7 Å². The molecule has 4 N–H and O–H groups in total. The fraction of sp³-hybridized carbons (Fsp3) is 0.312. The molecule has 0 saturated carbocycles. The summed E-state index contributed by atoms with van der Waals surface area (Å²) in [5, 5.41) is 10.0. The number of rotatable bonds is 5. The molecule has 3 heterocycles. The van der Waals surface area contributed by atoms with Gasteiger partial charge in [0.15, 0.2) is 11.5 Å². The van der Waals surface area contributed by atoms with E-state index in [1.807, 2.05) is 30.3 Å². The summed E-state index contributed by atoms with van der Waals surface area (Å²) in [6, 6.07) is 9.96. The molecule has 0 bridgehead atoms. The lowest BCUT2D eigenvalue weighted by Gasteiger charge is -2.12. The largest absolute Gasteiger partial charge is 0.354 e. The molecular weight excluding hydrogens is 290 g/mol. The number of aromatic amines is 1. The van der Waals surface area contributed by atoms with E-state index in [1.54, 1.807) is 6.33 Å². The Hall–Kier alpha value is -2.67. The second-order valence-electron chi connectivity index (χ2n) is 5.73. The predicted molar refractivity (Wildman–Crippen MR) is 90.9 cm³/mol. The Morgan fingerprint density at radius 2 is 2.09 bits per heavy atom. The van der Waals surface area contributed by atoms with Gasteiger partial charge in [-0.15, -0.1) is 0 Å². The number of fused-ring (bicyclic) bond motifs is 1. The van der Waals surface area contributed by atoms with Gasteiger partial charge in [0.25, 0.3) is 0 Å². The highest BCUT2D eigenvalue weighted by Gasteiger charge is 2.15. The van der Waals surface area contributed by atoms with Gasteiger partial charge in [0.05, 0.1) is 6.33 Å². The van der Waals surface area contributed by atoms with Gasteiger partial charge in [-0.2, -0.15) is 9.97 Å². The molecule has 1 aromatic carbocycles. The van der Waals surface area contributed by atoms with E-state index in [0.29, 0.717) is 17.5 Å². The van der Waals surface area contributed by atoms with Crippen LogP contribution in [-0.2, 0) is 0 Å². The van der Waals surface area contributed by atoms with Crippen LogP contribution in [0, 0.1) is 5.92 Å². The smallest absolute Gasteiger partial charge is 0.226 e. The van der Waals surface area contributed by atoms with Crippen molar-refractivity contribution in [2.24, 2.45) is 5.92 Å². The first-order valence-corrected chi connectivity index (χ1v) is 7.86. The number of H-pyrrole nitrogens is 1. The highest BCUT2D eigenvalue weighted by Crippen LogP contribution is 2.22. The fourth-order valence-electron chi connectivity index (χ4n) is 2.79. The lowest BCUT2D eigenvalue weighted by Crippen LogP contribution is -2.18. The molecule has 1 aliphatic heterocycles. The summed E-state index contributed by atoms with van der Waals surface area (Å²) >= 11 is 0. The van der Waals surface area contributed by atoms with Gasteiger partial charge in [0.2, 0.25) is 5.95 Å². The number of aromatic nitrogens is 4. The molecule has 1 aliphatic rings. The number of para-hydroxylation sites is 1. The van der Waals surface area contributed by atoms with Crippen LogP contribution in [0.5, 0.6) is 0 Å². The van der Waals surface area contributed by atoms with Gasteiger partial charge in [0, 0.05) is 12.2 Å². The molecule has 23 heavy (non-hydrogen) atoms. The molecule has 3 aromatic rings. The zero-order valence-electron chi connectivity index (χ0n) is 12.7. The van der Waals surface area contributed by atoms with E-state index in [4.69, 9.17) is 0 Å². The molecule has 7 nitrogen and oxygen atoms in total. The minimum atomic E-state index is 0.606. The number of anilines is 3. The quantitative estimate of drug-likeness (QED) is 0.577. The zero-order chi connectivity index (χ0) is 15.5. The minimum absolute atomic E-state index is 0.606. The van der Waals surface area contributed by atoms with Crippen LogP contribution >= 0.6 is 0 Å². The van der Waals surface area contributed by atoms with Crippen LogP contribution in [-0.4, -0.2) is 39.6 Å². The van der Waals surface area contributed by atoms with E-state index in [2.05, 4.69) is 35.9 Å². The van der Waals surface area contributed by atoms with Crippen LogP contribution in [0.25, 0.3) is 11.2 Å². The third kappa shape index (κ3) is 3.09. The highest BCUT2D eigenvalue weighted by atomic mass is 15.2. The third-order valence-electron chi connectivity index (χ3n) is 4.03. The lowest BCUT2D eigenvalue weighted by molar-refractivity contribution is 0.613. The van der Waals surface area contributed by atoms with Crippen LogP contribution in [0.4, 0.5) is 17.5 Å². The second-order valence-corrected chi connectivity index (χ2v) is 5.73. The normalized spacial score (nSPS) is 17.5. The standard InChI is InChI=1S/C16H19N7/c1-2-4-12(5-3-1)21-15-13-14(20-10-19-13)22-16(23-15)18-9-11-6-7-17-8-11/h1-5,10-11,17H,6-9H2,(H3,18,19,20,21,22,23). The van der Waals surface area contributed by atoms with Crippen molar-refractivity contribution in [1.29, 1.82) is 0 Å². The van der Waals surface area contributed by atoms with Gasteiger partial charge >= 0.3 is 0 Å². The number of hydrogen-bond acceptors (Lipinski definition) is 6. The molecule has 118 valence electrons. The molecule has 1 unspecified atom stereocenters. The first kappa shape index (κ1) is 14.0. The maximum Gasteiger partial charge on any atom is 0.226 e. The van der Waals surface area contributed by atoms with E-state index in [1.165, 1.54) is 6.42 Å². The average Bonchev–Trinajstić information content (AvgIpc) is 3.25. The van der Waals surface area contributed by atoms with Crippen LogP contribution < -0.4 is 16.0 Å². The number of benzene rings is 1. The fourth-order valence-corrected chi connectivity index (χ4v) is 2.79. The van der Waals surface area contributed by atoms with Crippen LogP contribution in [0.2, 0.25) is 0 Å². The van der Waals surface area contributed by atoms with Crippen molar-refractivity contribution >= 4 is 28.6 Å². The Morgan fingerprint density at radius 1 is 1.17 bits per heavy atom. The molecule has 0 radical (unpaired) electrons. The summed E-state index contributed by atoms with van der Waals surface area (Å²) in [5.74, 6) is 1.96. The van der Waals surface area contributed by atoms with Crippen LogP contribution in [0.1, 0.15) is 6.42 Å². The SMILES string of the molecule is c1ccc(Nc2nc(NCC3CCNC3)nc3nc[nH]c23)cc1. The van der Waals surface area contributed by atoms with Gasteiger partial charge in [-0.05, 0) is 37.6 Å². The number of nitrogens with zero attached hydrogens (tertiary/aromatic N) is 3. The van der Waals surface area contributed by atoms with E-state index < -0.39 is 0 Å². The van der Waals surface area contributed by atoms with Gasteiger partial charge in [-0.3, -0.25) is 0 Å². The van der Waals surface area contributed by atoms with Crippen molar-refractivity contribution < 1.29 is 0 Å². The van der Waals surface area contributed by atoms with Gasteiger partial charge in [-0.1, -0.05) is 18.2 Å². The molecule has 0 aliphatic carbocycles. The molecular formula is C16H19N7. The Balaban J connectivity index is 1.58. The Morgan fingerprint density at radius 3 is 2.91 bits per heavy atom. The maximum atomic E-state index is 4.60. The second kappa shape index (κ2) is 6.21. The van der Waals surface area contributed by atoms with Gasteiger partial charge in [0.1, 0.15) is 5.52 Å². The summed E-state index contributed by atoms with van der Waals surface area (Å²) in [4.78, 5) is 16.4. The average molecular weight is 309 g/mol. The summed E-state index contributed by atoms with van der Waals surface area (Å²) in [5.41, 5.74) is 2.44. The monoisotopic (exact) mass is 309 g/mol. The van der Waals surface area contributed by atoms with E-state index in [9.17, 15) is 0 Å². The predicted octanol–water partition coefficient (Wildman–Crippen LogP) is 2.12.